The van der Waals surface area contributed by atoms with Crippen LogP contribution < -0.4 is 9.47 Å². The van der Waals surface area contributed by atoms with Crippen LogP contribution in [0.1, 0.15) is 22.3 Å². The summed E-state index contributed by atoms with van der Waals surface area (Å²) in [6.45, 7) is 0.743. The quantitative estimate of drug-likeness (QED) is 0.397. The first-order valence-electron chi connectivity index (χ1n) is 12.1. The highest BCUT2D eigenvalue weighted by Gasteiger charge is 2.37. The topological polar surface area (TPSA) is 76.2 Å². The Kier molecular flexibility index (Phi) is 7.46. The third-order valence-corrected chi connectivity index (χ3v) is 7.38. The van der Waals surface area contributed by atoms with Gasteiger partial charge >= 0.3 is 0 Å². The molecule has 0 radical (unpaired) electrons. The van der Waals surface area contributed by atoms with E-state index in [0.717, 1.165) is 28.6 Å². The van der Waals surface area contributed by atoms with Crippen LogP contribution in [0.4, 0.5) is 9.18 Å². The average molecular weight is 533 g/mol. The van der Waals surface area contributed by atoms with Gasteiger partial charge in [-0.2, -0.15) is 0 Å². The number of hydrogen-bond donors (Lipinski definition) is 0. The zero-order chi connectivity index (χ0) is 26.6. The number of fused-ring (bicyclic) bond motifs is 1. The largest absolute Gasteiger partial charge is 0.493 e. The van der Waals surface area contributed by atoms with Gasteiger partial charge in [-0.15, -0.1) is 0 Å². The normalized spacial score (nSPS) is 16.1. The molecule has 2 heterocycles. The molecule has 3 aromatic carbocycles. The van der Waals surface area contributed by atoms with Crippen LogP contribution in [-0.2, 0) is 29.2 Å². The lowest BCUT2D eigenvalue weighted by molar-refractivity contribution is -0.136. The number of rotatable bonds is 7. The zero-order valence-corrected chi connectivity index (χ0v) is 21.5. The fourth-order valence-electron chi connectivity index (χ4n) is 4.40. The van der Waals surface area contributed by atoms with E-state index in [-0.39, 0.29) is 29.8 Å². The lowest BCUT2D eigenvalue weighted by atomic mass is 10.00. The fourth-order valence-corrected chi connectivity index (χ4v) is 5.23. The van der Waals surface area contributed by atoms with Crippen molar-refractivity contribution in [1.82, 2.24) is 9.80 Å². The molecule has 0 unspecified atom stereocenters. The molecule has 5 rings (SSSR count). The van der Waals surface area contributed by atoms with Gasteiger partial charge in [-0.25, -0.2) is 4.39 Å². The molecule has 1 saturated heterocycles. The van der Waals surface area contributed by atoms with Crippen molar-refractivity contribution in [3.63, 3.8) is 0 Å². The number of carbonyl (C=O) groups excluding carboxylic acids is 3. The molecule has 3 aromatic rings. The molecule has 38 heavy (non-hydrogen) atoms. The monoisotopic (exact) mass is 532 g/mol. The van der Waals surface area contributed by atoms with Crippen molar-refractivity contribution in [1.29, 1.82) is 0 Å². The van der Waals surface area contributed by atoms with E-state index in [1.165, 1.54) is 18.7 Å². The minimum Gasteiger partial charge on any atom is -0.493 e. The van der Waals surface area contributed by atoms with Crippen LogP contribution in [0.15, 0.2) is 71.6 Å². The van der Waals surface area contributed by atoms with Crippen molar-refractivity contribution in [2.75, 3.05) is 20.2 Å². The Morgan fingerprint density at radius 2 is 1.79 bits per heavy atom. The van der Waals surface area contributed by atoms with E-state index in [1.54, 1.807) is 47.4 Å². The summed E-state index contributed by atoms with van der Waals surface area (Å²) in [5, 5.41) is -0.483. The maximum atomic E-state index is 13.9. The highest BCUT2D eigenvalue weighted by atomic mass is 32.2. The van der Waals surface area contributed by atoms with Crippen LogP contribution >= 0.6 is 11.8 Å². The molecule has 0 atom stereocenters. The summed E-state index contributed by atoms with van der Waals surface area (Å²) in [6, 6.07) is 19.3. The minimum atomic E-state index is -0.510. The maximum absolute atomic E-state index is 13.9. The molecule has 0 N–H and O–H groups in total. The molecule has 1 fully saturated rings. The van der Waals surface area contributed by atoms with E-state index in [2.05, 4.69) is 6.07 Å². The molecule has 7 nitrogen and oxygen atoms in total. The van der Waals surface area contributed by atoms with Crippen molar-refractivity contribution in [2.45, 2.75) is 19.6 Å². The van der Waals surface area contributed by atoms with E-state index in [1.807, 2.05) is 18.2 Å². The lowest BCUT2D eigenvalue weighted by Crippen LogP contribution is -2.44. The summed E-state index contributed by atoms with van der Waals surface area (Å²) in [5.74, 6) is -0.322. The smallest absolute Gasteiger partial charge is 0.294 e. The molecule has 0 spiro atoms. The van der Waals surface area contributed by atoms with Gasteiger partial charge in [-0.1, -0.05) is 48.5 Å². The van der Waals surface area contributed by atoms with Crippen molar-refractivity contribution in [3.8, 4) is 11.5 Å². The number of benzene rings is 3. The lowest BCUT2D eigenvalue weighted by Gasteiger charge is -2.29. The summed E-state index contributed by atoms with van der Waals surface area (Å²) in [4.78, 5) is 41.4. The van der Waals surface area contributed by atoms with Crippen LogP contribution in [0.2, 0.25) is 0 Å². The highest BCUT2D eigenvalue weighted by molar-refractivity contribution is 8.18. The van der Waals surface area contributed by atoms with Gasteiger partial charge < -0.3 is 14.4 Å². The first kappa shape index (κ1) is 25.5. The molecule has 0 bridgehead atoms. The van der Waals surface area contributed by atoms with E-state index in [4.69, 9.17) is 9.47 Å². The number of imide groups is 1. The van der Waals surface area contributed by atoms with Gasteiger partial charge in [-0.05, 0) is 59.1 Å². The summed E-state index contributed by atoms with van der Waals surface area (Å²) >= 11 is 0.795. The Bertz CT molecular complexity index is 1440. The van der Waals surface area contributed by atoms with Crippen molar-refractivity contribution >= 4 is 34.9 Å². The molecule has 2 aliphatic heterocycles. The summed E-state index contributed by atoms with van der Waals surface area (Å²) in [5.41, 5.74) is 3.32. The minimum absolute atomic E-state index is 0.0257. The van der Waals surface area contributed by atoms with Crippen LogP contribution in [0, 0.1) is 5.82 Å². The predicted molar refractivity (Wildman–Crippen MR) is 142 cm³/mol. The Morgan fingerprint density at radius 3 is 2.58 bits per heavy atom. The molecular weight excluding hydrogens is 507 g/mol. The Hall–Kier alpha value is -4.11. The average Bonchev–Trinajstić information content (AvgIpc) is 3.19. The molecule has 0 aliphatic carbocycles. The molecule has 0 aromatic heterocycles. The predicted octanol–water partition coefficient (Wildman–Crippen LogP) is 5.03. The number of halogens is 1. The first-order chi connectivity index (χ1) is 18.4. The van der Waals surface area contributed by atoms with E-state index in [9.17, 15) is 18.8 Å². The summed E-state index contributed by atoms with van der Waals surface area (Å²) in [7, 11) is 1.48. The number of hydrogen-bond acceptors (Lipinski definition) is 6. The van der Waals surface area contributed by atoms with Crippen LogP contribution in [0.3, 0.4) is 0 Å². The summed E-state index contributed by atoms with van der Waals surface area (Å²) < 4.78 is 25.1. The maximum Gasteiger partial charge on any atom is 0.294 e. The van der Waals surface area contributed by atoms with Crippen molar-refractivity contribution < 1.29 is 28.2 Å². The zero-order valence-electron chi connectivity index (χ0n) is 20.7. The second-order valence-corrected chi connectivity index (χ2v) is 9.89. The van der Waals surface area contributed by atoms with Gasteiger partial charge in [0, 0.05) is 18.7 Å². The molecule has 3 amide bonds. The Balaban J connectivity index is 1.25. The Labute approximate surface area is 223 Å². The number of thioether (sulfide) groups is 1. The van der Waals surface area contributed by atoms with Crippen molar-refractivity contribution in [2.24, 2.45) is 0 Å². The number of methoxy groups -OCH3 is 1. The van der Waals surface area contributed by atoms with Gasteiger partial charge in [0.25, 0.3) is 11.1 Å². The molecule has 0 saturated carbocycles. The van der Waals surface area contributed by atoms with E-state index < -0.39 is 11.1 Å². The van der Waals surface area contributed by atoms with Gasteiger partial charge in [0.2, 0.25) is 5.91 Å². The number of ether oxygens (including phenoxy) is 2. The van der Waals surface area contributed by atoms with Crippen molar-refractivity contribution in [3.05, 3.63) is 99.7 Å². The number of carbonyl (C=O) groups is 3. The molecular formula is C29H25FN2O5S. The second kappa shape index (κ2) is 11.1. The van der Waals surface area contributed by atoms with Crippen LogP contribution in [-0.4, -0.2) is 47.1 Å². The number of nitrogens with zero attached hydrogens (tertiary/aromatic N) is 2. The molecule has 2 aliphatic rings. The van der Waals surface area contributed by atoms with Crippen LogP contribution in [0.5, 0.6) is 11.5 Å². The molecule has 194 valence electrons. The van der Waals surface area contributed by atoms with E-state index >= 15 is 0 Å². The standard InChI is InChI=1S/C29H25FN2O5S/c1-36-25-14-19(10-11-24(25)37-18-22-8-4-5-9-23(22)30)15-26-28(34)32(29(35)38-26)17-27(33)31-13-12-20-6-2-3-7-21(20)16-31/h2-11,14-15H,12-13,16-18H2,1H3/b26-15+. The molecule has 9 heteroatoms. The van der Waals surface area contributed by atoms with Crippen LogP contribution in [0.25, 0.3) is 6.08 Å². The van der Waals surface area contributed by atoms with Gasteiger partial charge in [0.05, 0.1) is 12.0 Å². The third kappa shape index (κ3) is 5.43. The summed E-state index contributed by atoms with van der Waals surface area (Å²) in [6.07, 6.45) is 2.32. The van der Waals surface area contributed by atoms with Gasteiger partial charge in [0.1, 0.15) is 19.0 Å². The Morgan fingerprint density at radius 1 is 1.03 bits per heavy atom. The third-order valence-electron chi connectivity index (χ3n) is 6.48. The highest BCUT2D eigenvalue weighted by Crippen LogP contribution is 2.35. The van der Waals surface area contributed by atoms with Gasteiger partial charge in [-0.3, -0.25) is 19.3 Å². The second-order valence-electron chi connectivity index (χ2n) is 8.89. The van der Waals surface area contributed by atoms with E-state index in [0.29, 0.717) is 35.7 Å². The fraction of sp³-hybridized carbons (Fsp3) is 0.207. The first-order valence-corrected chi connectivity index (χ1v) is 12.9. The SMILES string of the molecule is COc1cc(/C=C2/SC(=O)N(CC(=O)N3CCc4ccccc4C3)C2=O)ccc1OCc1ccccc1F. The number of amides is 3. The van der Waals surface area contributed by atoms with Gasteiger partial charge in [0.15, 0.2) is 11.5 Å².